The van der Waals surface area contributed by atoms with E-state index in [2.05, 4.69) is 5.32 Å². The van der Waals surface area contributed by atoms with Crippen LogP contribution in [0, 0.1) is 0 Å². The lowest BCUT2D eigenvalue weighted by atomic mass is 10.0. The van der Waals surface area contributed by atoms with Crippen LogP contribution in [0.4, 0.5) is 26.3 Å². The summed E-state index contributed by atoms with van der Waals surface area (Å²) in [6.07, 6.45) is -7.39. The fourth-order valence-corrected chi connectivity index (χ4v) is 1.87. The van der Waals surface area contributed by atoms with Crippen molar-refractivity contribution in [2.24, 2.45) is 0 Å². The van der Waals surface area contributed by atoms with Gasteiger partial charge < -0.3 is 5.32 Å². The standard InChI is InChI=1S/C13H13F6N/c14-12(15,16)9-5-8(3-4-20-11-1-2-11)6-10(7-9)13(17,18)19/h5-7,11,20H,1-4H2. The van der Waals surface area contributed by atoms with Gasteiger partial charge in [-0.25, -0.2) is 0 Å². The van der Waals surface area contributed by atoms with Crippen molar-refractivity contribution in [2.75, 3.05) is 6.54 Å². The van der Waals surface area contributed by atoms with Gasteiger partial charge in [0.1, 0.15) is 0 Å². The van der Waals surface area contributed by atoms with Gasteiger partial charge in [-0.1, -0.05) is 0 Å². The zero-order chi connectivity index (χ0) is 15.0. The number of nitrogens with one attached hydrogen (secondary N) is 1. The van der Waals surface area contributed by atoms with E-state index in [9.17, 15) is 26.3 Å². The molecule has 1 N–H and O–H groups in total. The highest BCUT2D eigenvalue weighted by molar-refractivity contribution is 5.33. The van der Waals surface area contributed by atoms with E-state index in [1.807, 2.05) is 0 Å². The maximum Gasteiger partial charge on any atom is 0.416 e. The zero-order valence-corrected chi connectivity index (χ0v) is 10.4. The Balaban J connectivity index is 2.20. The van der Waals surface area contributed by atoms with Gasteiger partial charge in [-0.3, -0.25) is 0 Å². The first-order valence-corrected chi connectivity index (χ1v) is 6.18. The van der Waals surface area contributed by atoms with Crippen LogP contribution >= 0.6 is 0 Å². The molecule has 0 saturated heterocycles. The Morgan fingerprint density at radius 3 is 1.80 bits per heavy atom. The smallest absolute Gasteiger partial charge is 0.314 e. The lowest BCUT2D eigenvalue weighted by Gasteiger charge is -2.14. The van der Waals surface area contributed by atoms with Crippen LogP contribution in [0.15, 0.2) is 18.2 Å². The Hall–Kier alpha value is -1.24. The van der Waals surface area contributed by atoms with Crippen LogP contribution in [0.5, 0.6) is 0 Å². The van der Waals surface area contributed by atoms with Gasteiger partial charge in [-0.2, -0.15) is 26.3 Å². The number of halogens is 6. The molecule has 7 heteroatoms. The van der Waals surface area contributed by atoms with E-state index in [1.54, 1.807) is 0 Å². The number of benzene rings is 1. The quantitative estimate of drug-likeness (QED) is 0.828. The molecule has 1 nitrogen and oxygen atoms in total. The maximum atomic E-state index is 12.6. The Kier molecular flexibility index (Phi) is 4.00. The van der Waals surface area contributed by atoms with Crippen LogP contribution in [0.1, 0.15) is 29.5 Å². The van der Waals surface area contributed by atoms with Crippen LogP contribution in [0.2, 0.25) is 0 Å². The van der Waals surface area contributed by atoms with Crippen LogP contribution in [-0.2, 0) is 18.8 Å². The molecular weight excluding hydrogens is 284 g/mol. The molecule has 0 aromatic heterocycles. The largest absolute Gasteiger partial charge is 0.416 e. The first-order chi connectivity index (χ1) is 9.16. The summed E-state index contributed by atoms with van der Waals surface area (Å²) in [7, 11) is 0. The topological polar surface area (TPSA) is 12.0 Å². The molecule has 1 aromatic rings. The van der Waals surface area contributed by atoms with Crippen molar-refractivity contribution in [2.45, 2.75) is 37.7 Å². The van der Waals surface area contributed by atoms with Crippen molar-refractivity contribution >= 4 is 0 Å². The minimum absolute atomic E-state index is 0.0419. The summed E-state index contributed by atoms with van der Waals surface area (Å²) >= 11 is 0. The highest BCUT2D eigenvalue weighted by Crippen LogP contribution is 2.36. The molecule has 1 aliphatic carbocycles. The highest BCUT2D eigenvalue weighted by atomic mass is 19.4. The second kappa shape index (κ2) is 5.27. The summed E-state index contributed by atoms with van der Waals surface area (Å²) in [6.45, 7) is 0.378. The molecular formula is C13H13F6N. The van der Waals surface area contributed by atoms with E-state index in [4.69, 9.17) is 0 Å². The second-order valence-electron chi connectivity index (χ2n) is 4.89. The third-order valence-corrected chi connectivity index (χ3v) is 3.07. The van der Waals surface area contributed by atoms with Crippen LogP contribution < -0.4 is 5.32 Å². The normalized spacial score (nSPS) is 16.5. The Labute approximate surface area is 112 Å². The van der Waals surface area contributed by atoms with Gasteiger partial charge >= 0.3 is 12.4 Å². The van der Waals surface area contributed by atoms with Crippen molar-refractivity contribution < 1.29 is 26.3 Å². The number of rotatable bonds is 4. The molecule has 0 atom stereocenters. The summed E-state index contributed by atoms with van der Waals surface area (Å²) < 4.78 is 75.7. The first-order valence-electron chi connectivity index (χ1n) is 6.18. The molecule has 0 bridgehead atoms. The van der Waals surface area contributed by atoms with E-state index < -0.39 is 23.5 Å². The SMILES string of the molecule is FC(F)(F)c1cc(CCNC2CC2)cc(C(F)(F)F)c1. The molecule has 1 saturated carbocycles. The van der Waals surface area contributed by atoms with Crippen molar-refractivity contribution in [3.05, 3.63) is 34.9 Å². The van der Waals surface area contributed by atoms with Gasteiger partial charge in [0.15, 0.2) is 0 Å². The molecule has 2 rings (SSSR count). The second-order valence-corrected chi connectivity index (χ2v) is 4.89. The third kappa shape index (κ3) is 4.13. The summed E-state index contributed by atoms with van der Waals surface area (Å²) in [5.41, 5.74) is -2.47. The Bertz CT molecular complexity index is 440. The molecule has 1 aliphatic rings. The molecule has 1 aromatic carbocycles. The van der Waals surface area contributed by atoms with Crippen LogP contribution in [0.3, 0.4) is 0 Å². The predicted molar refractivity (Wildman–Crippen MR) is 61.2 cm³/mol. The van der Waals surface area contributed by atoms with Crippen molar-refractivity contribution in [3.8, 4) is 0 Å². The molecule has 0 heterocycles. The summed E-state index contributed by atoms with van der Waals surface area (Å²) in [5, 5.41) is 3.06. The average molecular weight is 297 g/mol. The van der Waals surface area contributed by atoms with E-state index in [0.717, 1.165) is 25.0 Å². The molecule has 1 fully saturated rings. The van der Waals surface area contributed by atoms with Crippen LogP contribution in [0.25, 0.3) is 0 Å². The molecule has 112 valence electrons. The minimum atomic E-state index is -4.78. The van der Waals surface area contributed by atoms with Crippen molar-refractivity contribution in [3.63, 3.8) is 0 Å². The number of hydrogen-bond acceptors (Lipinski definition) is 1. The van der Waals surface area contributed by atoms with Gasteiger partial charge in [-0.05, 0) is 49.6 Å². The molecule has 20 heavy (non-hydrogen) atoms. The Morgan fingerprint density at radius 2 is 1.40 bits per heavy atom. The zero-order valence-electron chi connectivity index (χ0n) is 10.4. The predicted octanol–water partition coefficient (Wildman–Crippen LogP) is 4.02. The highest BCUT2D eigenvalue weighted by Gasteiger charge is 2.36. The molecule has 0 aliphatic heterocycles. The van der Waals surface area contributed by atoms with E-state index in [-0.39, 0.29) is 18.1 Å². The Morgan fingerprint density at radius 1 is 0.900 bits per heavy atom. The number of alkyl halides is 6. The van der Waals surface area contributed by atoms with Gasteiger partial charge in [0.25, 0.3) is 0 Å². The fraction of sp³-hybridized carbons (Fsp3) is 0.538. The van der Waals surface area contributed by atoms with E-state index in [0.29, 0.717) is 12.6 Å². The monoisotopic (exact) mass is 297 g/mol. The molecule has 0 unspecified atom stereocenters. The van der Waals surface area contributed by atoms with Gasteiger partial charge in [-0.15, -0.1) is 0 Å². The fourth-order valence-electron chi connectivity index (χ4n) is 1.87. The van der Waals surface area contributed by atoms with Gasteiger partial charge in [0, 0.05) is 6.04 Å². The first kappa shape index (κ1) is 15.2. The number of hydrogen-bond donors (Lipinski definition) is 1. The summed E-state index contributed by atoms with van der Waals surface area (Å²) in [4.78, 5) is 0. The summed E-state index contributed by atoms with van der Waals surface area (Å²) in [5.74, 6) is 0. The van der Waals surface area contributed by atoms with Crippen molar-refractivity contribution in [1.82, 2.24) is 5.32 Å². The lowest BCUT2D eigenvalue weighted by molar-refractivity contribution is -0.143. The molecule has 0 amide bonds. The van der Waals surface area contributed by atoms with Gasteiger partial charge in [0.2, 0.25) is 0 Å². The average Bonchev–Trinajstić information content (AvgIpc) is 3.10. The molecule has 0 spiro atoms. The van der Waals surface area contributed by atoms with Gasteiger partial charge in [0.05, 0.1) is 11.1 Å². The molecule has 0 radical (unpaired) electrons. The minimum Gasteiger partial charge on any atom is -0.314 e. The maximum absolute atomic E-state index is 12.6. The third-order valence-electron chi connectivity index (χ3n) is 3.07. The van der Waals surface area contributed by atoms with E-state index >= 15 is 0 Å². The van der Waals surface area contributed by atoms with E-state index in [1.165, 1.54) is 0 Å². The van der Waals surface area contributed by atoms with Crippen molar-refractivity contribution in [1.29, 1.82) is 0 Å². The lowest BCUT2D eigenvalue weighted by Crippen LogP contribution is -2.20. The summed E-state index contributed by atoms with van der Waals surface area (Å²) in [6, 6.07) is 2.08. The van der Waals surface area contributed by atoms with Crippen LogP contribution in [-0.4, -0.2) is 12.6 Å².